The van der Waals surface area contributed by atoms with Gasteiger partial charge >= 0.3 is 0 Å². The minimum Gasteiger partial charge on any atom is -0.384 e. The van der Waals surface area contributed by atoms with E-state index in [1.165, 1.54) is 0 Å². The number of nitrogens with zero attached hydrogens (tertiary/aromatic N) is 3. The van der Waals surface area contributed by atoms with Crippen LogP contribution in [0.2, 0.25) is 0 Å². The van der Waals surface area contributed by atoms with E-state index in [-0.39, 0.29) is 0 Å². The molecule has 0 bridgehead atoms. The predicted molar refractivity (Wildman–Crippen MR) is 60.6 cm³/mol. The first kappa shape index (κ1) is 8.90. The highest BCUT2D eigenvalue weighted by molar-refractivity contribution is 5.90. The van der Waals surface area contributed by atoms with Crippen LogP contribution in [0.25, 0.3) is 22.4 Å². The Hall–Kier alpha value is -2.37. The quantitative estimate of drug-likeness (QED) is 0.567. The predicted octanol–water partition coefficient (Wildman–Crippen LogP) is 1.24. The molecular formula is C10H10N6. The fourth-order valence-electron chi connectivity index (χ4n) is 1.78. The van der Waals surface area contributed by atoms with Crippen LogP contribution in [0.4, 0.5) is 5.82 Å². The van der Waals surface area contributed by atoms with Crippen LogP contribution in [0.15, 0.2) is 18.3 Å². The highest BCUT2D eigenvalue weighted by Gasteiger charge is 2.10. The van der Waals surface area contributed by atoms with Crippen molar-refractivity contribution in [1.82, 2.24) is 25.4 Å². The summed E-state index contributed by atoms with van der Waals surface area (Å²) in [5.41, 5.74) is 9.12. The highest BCUT2D eigenvalue weighted by Crippen LogP contribution is 2.24. The molecule has 0 aliphatic carbocycles. The second-order valence-corrected chi connectivity index (χ2v) is 3.63. The first-order valence-corrected chi connectivity index (χ1v) is 4.86. The molecule has 0 aromatic carbocycles. The molecule has 80 valence electrons. The van der Waals surface area contributed by atoms with Crippen molar-refractivity contribution in [3.8, 4) is 11.4 Å². The number of aryl methyl sites for hydroxylation is 1. The molecule has 0 radical (unpaired) electrons. The molecule has 0 spiro atoms. The molecule has 0 atom stereocenters. The van der Waals surface area contributed by atoms with Crippen molar-refractivity contribution >= 4 is 16.9 Å². The summed E-state index contributed by atoms with van der Waals surface area (Å²) in [5, 5.41) is 14.4. The van der Waals surface area contributed by atoms with Crippen molar-refractivity contribution in [3.05, 3.63) is 23.9 Å². The third-order valence-corrected chi connectivity index (χ3v) is 2.53. The number of H-pyrrole nitrogens is 2. The van der Waals surface area contributed by atoms with E-state index in [2.05, 4.69) is 25.4 Å². The van der Waals surface area contributed by atoms with E-state index in [0.717, 1.165) is 22.3 Å². The number of aromatic amines is 2. The first-order chi connectivity index (χ1) is 7.75. The number of pyridine rings is 1. The lowest BCUT2D eigenvalue weighted by Crippen LogP contribution is -1.90. The van der Waals surface area contributed by atoms with Crippen molar-refractivity contribution in [1.29, 1.82) is 0 Å². The molecule has 3 aromatic rings. The fourth-order valence-corrected chi connectivity index (χ4v) is 1.78. The molecule has 3 rings (SSSR count). The summed E-state index contributed by atoms with van der Waals surface area (Å²) in [7, 11) is 0. The lowest BCUT2D eigenvalue weighted by molar-refractivity contribution is 1.08. The summed E-state index contributed by atoms with van der Waals surface area (Å²) in [6.07, 6.45) is 1.69. The number of rotatable bonds is 1. The summed E-state index contributed by atoms with van der Waals surface area (Å²) in [5.74, 6) is 0.552. The zero-order valence-corrected chi connectivity index (χ0v) is 8.65. The molecule has 0 aliphatic heterocycles. The van der Waals surface area contributed by atoms with E-state index in [1.807, 2.05) is 19.1 Å². The van der Waals surface area contributed by atoms with Crippen molar-refractivity contribution in [3.63, 3.8) is 0 Å². The topological polar surface area (TPSA) is 96.3 Å². The molecule has 0 unspecified atom stereocenters. The normalized spacial score (nSPS) is 11.1. The summed E-state index contributed by atoms with van der Waals surface area (Å²) in [6.45, 7) is 1.98. The van der Waals surface area contributed by atoms with Crippen LogP contribution >= 0.6 is 0 Å². The highest BCUT2D eigenvalue weighted by atomic mass is 15.2. The van der Waals surface area contributed by atoms with Gasteiger partial charge in [-0.25, -0.2) is 4.98 Å². The van der Waals surface area contributed by atoms with Gasteiger partial charge in [-0.1, -0.05) is 0 Å². The van der Waals surface area contributed by atoms with Gasteiger partial charge in [0, 0.05) is 6.20 Å². The van der Waals surface area contributed by atoms with Gasteiger partial charge in [-0.05, 0) is 24.6 Å². The Morgan fingerprint density at radius 2 is 2.19 bits per heavy atom. The van der Waals surface area contributed by atoms with Crippen LogP contribution in [0.5, 0.6) is 0 Å². The first-order valence-electron chi connectivity index (χ1n) is 4.86. The molecule has 3 aromatic heterocycles. The number of nitrogen functional groups attached to an aromatic ring is 1. The molecule has 3 heterocycles. The van der Waals surface area contributed by atoms with Crippen LogP contribution in [0, 0.1) is 6.92 Å². The maximum atomic E-state index is 5.77. The molecule has 6 heteroatoms. The Morgan fingerprint density at radius 1 is 1.31 bits per heavy atom. The molecule has 0 saturated carbocycles. The third kappa shape index (κ3) is 1.16. The van der Waals surface area contributed by atoms with Crippen molar-refractivity contribution in [2.45, 2.75) is 6.92 Å². The average Bonchev–Trinajstić information content (AvgIpc) is 2.87. The average molecular weight is 214 g/mol. The van der Waals surface area contributed by atoms with Crippen LogP contribution in [0.3, 0.4) is 0 Å². The van der Waals surface area contributed by atoms with Gasteiger partial charge in [0.25, 0.3) is 0 Å². The van der Waals surface area contributed by atoms with Crippen LogP contribution < -0.4 is 5.73 Å². The number of nitrogens with two attached hydrogens (primary N) is 1. The fraction of sp³-hybridized carbons (Fsp3) is 0.100. The second kappa shape index (κ2) is 3.06. The van der Waals surface area contributed by atoms with Crippen molar-refractivity contribution in [2.24, 2.45) is 0 Å². The molecule has 0 amide bonds. The monoisotopic (exact) mass is 214 g/mol. The van der Waals surface area contributed by atoms with E-state index in [9.17, 15) is 0 Å². The largest absolute Gasteiger partial charge is 0.384 e. The lowest BCUT2D eigenvalue weighted by atomic mass is 10.1. The molecule has 6 nitrogen and oxygen atoms in total. The minimum atomic E-state index is 0.552. The van der Waals surface area contributed by atoms with Crippen LogP contribution in [-0.4, -0.2) is 25.4 Å². The smallest absolute Gasteiger partial charge is 0.184 e. The maximum absolute atomic E-state index is 5.77. The summed E-state index contributed by atoms with van der Waals surface area (Å²) >= 11 is 0. The number of aromatic nitrogens is 5. The number of hydrogen-bond donors (Lipinski definition) is 3. The van der Waals surface area contributed by atoms with Gasteiger partial charge in [0.05, 0.1) is 16.8 Å². The van der Waals surface area contributed by atoms with Crippen molar-refractivity contribution < 1.29 is 0 Å². The Morgan fingerprint density at radius 3 is 2.94 bits per heavy atom. The number of nitrogens with one attached hydrogen (secondary N) is 2. The van der Waals surface area contributed by atoms with Gasteiger partial charge in [-0.2, -0.15) is 10.2 Å². The summed E-state index contributed by atoms with van der Waals surface area (Å²) in [4.78, 5) is 4.41. The number of anilines is 1. The van der Waals surface area contributed by atoms with Gasteiger partial charge in [0.2, 0.25) is 0 Å². The SMILES string of the molecule is Cc1cc(-c2ccn[nH]2)nc2n[nH]c(N)c12. The molecule has 4 N–H and O–H groups in total. The summed E-state index contributed by atoms with van der Waals surface area (Å²) < 4.78 is 0. The van der Waals surface area contributed by atoms with E-state index in [4.69, 9.17) is 5.73 Å². The van der Waals surface area contributed by atoms with Gasteiger partial charge in [-0.3, -0.25) is 10.2 Å². The van der Waals surface area contributed by atoms with E-state index in [0.29, 0.717) is 11.5 Å². The van der Waals surface area contributed by atoms with E-state index in [1.54, 1.807) is 6.20 Å². The van der Waals surface area contributed by atoms with Crippen molar-refractivity contribution in [2.75, 3.05) is 5.73 Å². The maximum Gasteiger partial charge on any atom is 0.184 e. The number of hydrogen-bond acceptors (Lipinski definition) is 4. The van der Waals surface area contributed by atoms with E-state index < -0.39 is 0 Å². The zero-order valence-electron chi connectivity index (χ0n) is 8.65. The Balaban J connectivity index is 2.30. The molecule has 16 heavy (non-hydrogen) atoms. The lowest BCUT2D eigenvalue weighted by Gasteiger charge is -2.00. The minimum absolute atomic E-state index is 0.552. The molecule has 0 aliphatic rings. The Labute approximate surface area is 90.9 Å². The Bertz CT molecular complexity index is 637. The van der Waals surface area contributed by atoms with Gasteiger partial charge in [0.15, 0.2) is 5.65 Å². The van der Waals surface area contributed by atoms with Crippen LogP contribution in [-0.2, 0) is 0 Å². The Kier molecular flexibility index (Phi) is 1.70. The third-order valence-electron chi connectivity index (χ3n) is 2.53. The summed E-state index contributed by atoms with van der Waals surface area (Å²) in [6, 6.07) is 3.82. The van der Waals surface area contributed by atoms with Crippen LogP contribution in [0.1, 0.15) is 5.56 Å². The second-order valence-electron chi connectivity index (χ2n) is 3.63. The van der Waals surface area contributed by atoms with Gasteiger partial charge < -0.3 is 5.73 Å². The van der Waals surface area contributed by atoms with Gasteiger partial charge in [-0.15, -0.1) is 0 Å². The van der Waals surface area contributed by atoms with Gasteiger partial charge in [0.1, 0.15) is 5.82 Å². The zero-order chi connectivity index (χ0) is 11.1. The molecular weight excluding hydrogens is 204 g/mol. The van der Waals surface area contributed by atoms with E-state index >= 15 is 0 Å². The number of fused-ring (bicyclic) bond motifs is 1. The standard InChI is InChI=1S/C10H10N6/c1-5-4-7(6-2-3-12-14-6)13-10-8(5)9(11)15-16-10/h2-4H,1H3,(H,12,14)(H3,11,13,15,16). The molecule has 0 saturated heterocycles. The molecule has 0 fully saturated rings.